The standard InChI is InChI=1S/C14H29N3/c1-4-5-6-7-8-9-13(15)14-12-16(2)10-11-17(14)3/h4,13-14H,1,5-12,15H2,2-3H3. The van der Waals surface area contributed by atoms with Gasteiger partial charge in [-0.2, -0.15) is 0 Å². The van der Waals surface area contributed by atoms with Crippen LogP contribution in [0.3, 0.4) is 0 Å². The van der Waals surface area contributed by atoms with Crippen molar-refractivity contribution >= 4 is 0 Å². The van der Waals surface area contributed by atoms with Gasteiger partial charge in [0.05, 0.1) is 0 Å². The zero-order valence-corrected chi connectivity index (χ0v) is 11.6. The Morgan fingerprint density at radius 1 is 1.29 bits per heavy atom. The third-order valence-corrected chi connectivity index (χ3v) is 3.84. The molecule has 1 aliphatic rings. The van der Waals surface area contributed by atoms with Crippen molar-refractivity contribution in [2.24, 2.45) is 5.73 Å². The van der Waals surface area contributed by atoms with E-state index in [0.717, 1.165) is 25.9 Å². The normalized spacial score (nSPS) is 24.8. The zero-order chi connectivity index (χ0) is 12.7. The van der Waals surface area contributed by atoms with Crippen molar-refractivity contribution in [1.29, 1.82) is 0 Å². The Hall–Kier alpha value is -0.380. The van der Waals surface area contributed by atoms with Crippen LogP contribution < -0.4 is 5.73 Å². The van der Waals surface area contributed by atoms with Crippen molar-refractivity contribution in [2.75, 3.05) is 33.7 Å². The van der Waals surface area contributed by atoms with E-state index in [4.69, 9.17) is 5.73 Å². The predicted molar refractivity (Wildman–Crippen MR) is 75.2 cm³/mol. The number of nitrogens with two attached hydrogens (primary N) is 1. The van der Waals surface area contributed by atoms with Crippen molar-refractivity contribution < 1.29 is 0 Å². The molecule has 3 heteroatoms. The zero-order valence-electron chi connectivity index (χ0n) is 11.6. The predicted octanol–water partition coefficient (Wildman–Crippen LogP) is 1.70. The second-order valence-corrected chi connectivity index (χ2v) is 5.40. The molecule has 1 heterocycles. The van der Waals surface area contributed by atoms with Crippen LogP contribution in [0.1, 0.15) is 32.1 Å². The maximum absolute atomic E-state index is 6.33. The molecule has 0 radical (unpaired) electrons. The summed E-state index contributed by atoms with van der Waals surface area (Å²) in [7, 11) is 4.39. The number of unbranched alkanes of at least 4 members (excludes halogenated alkanes) is 3. The summed E-state index contributed by atoms with van der Waals surface area (Å²) in [5.41, 5.74) is 6.33. The Kier molecular flexibility index (Phi) is 6.78. The molecule has 0 aliphatic carbocycles. The summed E-state index contributed by atoms with van der Waals surface area (Å²) in [5.74, 6) is 0. The Morgan fingerprint density at radius 2 is 2.06 bits per heavy atom. The minimum absolute atomic E-state index is 0.325. The molecule has 2 atom stereocenters. The second-order valence-electron chi connectivity index (χ2n) is 5.40. The van der Waals surface area contributed by atoms with Gasteiger partial charge in [-0.3, -0.25) is 4.90 Å². The van der Waals surface area contributed by atoms with Crippen molar-refractivity contribution in [3.63, 3.8) is 0 Å². The van der Waals surface area contributed by atoms with Crippen LogP contribution in [0.15, 0.2) is 12.7 Å². The third-order valence-electron chi connectivity index (χ3n) is 3.84. The van der Waals surface area contributed by atoms with E-state index >= 15 is 0 Å². The molecule has 1 fully saturated rings. The maximum Gasteiger partial charge on any atom is 0.0371 e. The van der Waals surface area contributed by atoms with Crippen LogP contribution in [0.5, 0.6) is 0 Å². The molecule has 0 bridgehead atoms. The van der Waals surface area contributed by atoms with Crippen LogP contribution >= 0.6 is 0 Å². The minimum Gasteiger partial charge on any atom is -0.326 e. The van der Waals surface area contributed by atoms with Gasteiger partial charge in [0.2, 0.25) is 0 Å². The van der Waals surface area contributed by atoms with Gasteiger partial charge in [0.15, 0.2) is 0 Å². The minimum atomic E-state index is 0.325. The van der Waals surface area contributed by atoms with Gasteiger partial charge in [-0.05, 0) is 33.4 Å². The summed E-state index contributed by atoms with van der Waals surface area (Å²) in [6.07, 6.45) is 8.09. The van der Waals surface area contributed by atoms with E-state index in [1.54, 1.807) is 0 Å². The van der Waals surface area contributed by atoms with E-state index in [-0.39, 0.29) is 0 Å². The summed E-state index contributed by atoms with van der Waals surface area (Å²) in [5, 5.41) is 0. The fraction of sp³-hybridized carbons (Fsp3) is 0.857. The van der Waals surface area contributed by atoms with Crippen molar-refractivity contribution in [3.8, 4) is 0 Å². The molecule has 0 amide bonds. The van der Waals surface area contributed by atoms with E-state index in [1.165, 1.54) is 25.8 Å². The number of piperazine rings is 1. The number of likely N-dealkylation sites (N-methyl/N-ethyl adjacent to an activating group) is 2. The van der Waals surface area contributed by atoms with E-state index < -0.39 is 0 Å². The Bertz CT molecular complexity index is 218. The van der Waals surface area contributed by atoms with Crippen LogP contribution in [0.25, 0.3) is 0 Å². The van der Waals surface area contributed by atoms with Gasteiger partial charge >= 0.3 is 0 Å². The van der Waals surface area contributed by atoms with Gasteiger partial charge in [-0.15, -0.1) is 6.58 Å². The highest BCUT2D eigenvalue weighted by Gasteiger charge is 2.26. The highest BCUT2D eigenvalue weighted by atomic mass is 15.3. The van der Waals surface area contributed by atoms with Crippen molar-refractivity contribution in [1.82, 2.24) is 9.80 Å². The largest absolute Gasteiger partial charge is 0.326 e. The van der Waals surface area contributed by atoms with Gasteiger partial charge in [0, 0.05) is 31.7 Å². The average molecular weight is 239 g/mol. The molecule has 0 aromatic carbocycles. The number of hydrogen-bond acceptors (Lipinski definition) is 3. The lowest BCUT2D eigenvalue weighted by Gasteiger charge is -2.40. The first-order valence-corrected chi connectivity index (χ1v) is 6.90. The van der Waals surface area contributed by atoms with Crippen LogP contribution in [0.4, 0.5) is 0 Å². The molecular weight excluding hydrogens is 210 g/mol. The highest BCUT2D eigenvalue weighted by Crippen LogP contribution is 2.14. The van der Waals surface area contributed by atoms with Gasteiger partial charge in [0.25, 0.3) is 0 Å². The van der Waals surface area contributed by atoms with Crippen molar-refractivity contribution in [3.05, 3.63) is 12.7 Å². The number of rotatable bonds is 7. The molecule has 17 heavy (non-hydrogen) atoms. The first-order valence-electron chi connectivity index (χ1n) is 6.90. The lowest BCUT2D eigenvalue weighted by molar-refractivity contribution is 0.0946. The molecule has 0 saturated carbocycles. The SMILES string of the molecule is C=CCCCCCC(N)C1CN(C)CCN1C. The first kappa shape index (κ1) is 14.7. The van der Waals surface area contributed by atoms with Crippen molar-refractivity contribution in [2.45, 2.75) is 44.2 Å². The van der Waals surface area contributed by atoms with E-state index in [1.807, 2.05) is 6.08 Å². The molecule has 3 nitrogen and oxygen atoms in total. The fourth-order valence-electron chi connectivity index (χ4n) is 2.54. The molecule has 1 saturated heterocycles. The van der Waals surface area contributed by atoms with Gasteiger partial charge in [0.1, 0.15) is 0 Å². The van der Waals surface area contributed by atoms with Crippen LogP contribution in [-0.2, 0) is 0 Å². The summed E-state index contributed by atoms with van der Waals surface area (Å²) < 4.78 is 0. The molecule has 1 rings (SSSR count). The lowest BCUT2D eigenvalue weighted by atomic mass is 9.98. The average Bonchev–Trinajstić information content (AvgIpc) is 2.32. The topological polar surface area (TPSA) is 32.5 Å². The van der Waals surface area contributed by atoms with Crippen LogP contribution in [0.2, 0.25) is 0 Å². The monoisotopic (exact) mass is 239 g/mol. The first-order chi connectivity index (χ1) is 8.15. The molecule has 0 spiro atoms. The number of hydrogen-bond donors (Lipinski definition) is 1. The fourth-order valence-corrected chi connectivity index (χ4v) is 2.54. The highest BCUT2D eigenvalue weighted by molar-refractivity contribution is 4.86. The summed E-state index contributed by atoms with van der Waals surface area (Å²) in [6.45, 7) is 7.17. The second kappa shape index (κ2) is 7.85. The van der Waals surface area contributed by atoms with Crippen LogP contribution in [0, 0.1) is 0 Å². The number of nitrogens with zero attached hydrogens (tertiary/aromatic N) is 2. The van der Waals surface area contributed by atoms with Gasteiger partial charge < -0.3 is 10.6 Å². The molecule has 2 N–H and O–H groups in total. The summed E-state index contributed by atoms with van der Waals surface area (Å²) in [4.78, 5) is 4.82. The molecule has 100 valence electrons. The molecule has 2 unspecified atom stereocenters. The third kappa shape index (κ3) is 5.19. The molecular formula is C14H29N3. The Morgan fingerprint density at radius 3 is 2.76 bits per heavy atom. The quantitative estimate of drug-likeness (QED) is 0.542. The number of allylic oxidation sites excluding steroid dienone is 1. The van der Waals surface area contributed by atoms with E-state index in [2.05, 4.69) is 30.5 Å². The lowest BCUT2D eigenvalue weighted by Crippen LogP contribution is -2.57. The summed E-state index contributed by atoms with van der Waals surface area (Å²) in [6, 6.07) is 0.861. The Balaban J connectivity index is 2.20. The molecule has 1 aliphatic heterocycles. The van der Waals surface area contributed by atoms with E-state index in [0.29, 0.717) is 12.1 Å². The molecule has 0 aromatic rings. The summed E-state index contributed by atoms with van der Waals surface area (Å²) >= 11 is 0. The smallest absolute Gasteiger partial charge is 0.0371 e. The van der Waals surface area contributed by atoms with Gasteiger partial charge in [-0.25, -0.2) is 0 Å². The van der Waals surface area contributed by atoms with Gasteiger partial charge in [-0.1, -0.05) is 18.9 Å². The van der Waals surface area contributed by atoms with E-state index in [9.17, 15) is 0 Å². The maximum atomic E-state index is 6.33. The van der Waals surface area contributed by atoms with Crippen LogP contribution in [-0.4, -0.2) is 55.6 Å². The Labute approximate surface area is 107 Å². The molecule has 0 aromatic heterocycles.